The third-order valence-corrected chi connectivity index (χ3v) is 3.57. The van der Waals surface area contributed by atoms with E-state index in [-0.39, 0.29) is 0 Å². The normalized spacial score (nSPS) is 17.1. The summed E-state index contributed by atoms with van der Waals surface area (Å²) < 4.78 is 0. The molecule has 1 unspecified atom stereocenters. The first kappa shape index (κ1) is 11.7. The van der Waals surface area contributed by atoms with Crippen LogP contribution in [0.25, 0.3) is 0 Å². The highest BCUT2D eigenvalue weighted by molar-refractivity contribution is 5.72. The summed E-state index contributed by atoms with van der Waals surface area (Å²) in [5.41, 5.74) is 4.06. The van der Waals surface area contributed by atoms with Crippen LogP contribution < -0.4 is 4.90 Å². The lowest BCUT2D eigenvalue weighted by atomic mass is 10.1. The highest BCUT2D eigenvalue weighted by atomic mass is 15.2. The van der Waals surface area contributed by atoms with Crippen LogP contribution in [-0.4, -0.2) is 11.0 Å². The van der Waals surface area contributed by atoms with Gasteiger partial charge in [0.15, 0.2) is 5.82 Å². The van der Waals surface area contributed by atoms with E-state index in [0.29, 0.717) is 11.6 Å². The van der Waals surface area contributed by atoms with Crippen LogP contribution in [0.15, 0.2) is 36.4 Å². The Labute approximate surface area is 113 Å². The minimum absolute atomic E-state index is 0.332. The SMILES string of the molecule is Cc1ccc(C#N)c(N2c3ccccc3CC2C)n1. The molecule has 0 saturated heterocycles. The van der Waals surface area contributed by atoms with Gasteiger partial charge in [0, 0.05) is 17.4 Å². The fraction of sp³-hybridized carbons (Fsp3) is 0.250. The Morgan fingerprint density at radius 1 is 1.26 bits per heavy atom. The maximum absolute atomic E-state index is 9.29. The predicted octanol–water partition coefficient (Wildman–Crippen LogP) is 3.34. The Kier molecular flexibility index (Phi) is 2.72. The molecule has 94 valence electrons. The van der Waals surface area contributed by atoms with Crippen molar-refractivity contribution in [3.05, 3.63) is 53.2 Å². The van der Waals surface area contributed by atoms with Gasteiger partial charge in [-0.2, -0.15) is 5.26 Å². The second kappa shape index (κ2) is 4.40. The van der Waals surface area contributed by atoms with Crippen LogP contribution >= 0.6 is 0 Å². The smallest absolute Gasteiger partial charge is 0.151 e. The minimum atomic E-state index is 0.332. The topological polar surface area (TPSA) is 39.9 Å². The van der Waals surface area contributed by atoms with Crippen LogP contribution in [0.1, 0.15) is 23.7 Å². The first-order chi connectivity index (χ1) is 9.20. The molecule has 1 aromatic heterocycles. The largest absolute Gasteiger partial charge is 0.322 e. The van der Waals surface area contributed by atoms with Crippen molar-refractivity contribution in [2.45, 2.75) is 26.3 Å². The van der Waals surface area contributed by atoms with Crippen LogP contribution in [0.2, 0.25) is 0 Å². The highest BCUT2D eigenvalue weighted by Gasteiger charge is 2.29. The Morgan fingerprint density at radius 3 is 2.84 bits per heavy atom. The lowest BCUT2D eigenvalue weighted by molar-refractivity contribution is 0.748. The number of anilines is 2. The molecular weight excluding hydrogens is 234 g/mol. The van der Waals surface area contributed by atoms with Crippen molar-refractivity contribution in [2.75, 3.05) is 4.90 Å². The zero-order valence-corrected chi connectivity index (χ0v) is 11.1. The molecule has 0 radical (unpaired) electrons. The summed E-state index contributed by atoms with van der Waals surface area (Å²) in [4.78, 5) is 6.76. The molecule has 3 heteroatoms. The van der Waals surface area contributed by atoms with Crippen LogP contribution in [0.5, 0.6) is 0 Å². The van der Waals surface area contributed by atoms with Gasteiger partial charge in [0.1, 0.15) is 6.07 Å². The van der Waals surface area contributed by atoms with E-state index >= 15 is 0 Å². The fourth-order valence-electron chi connectivity index (χ4n) is 2.70. The summed E-state index contributed by atoms with van der Waals surface area (Å²) >= 11 is 0. The highest BCUT2D eigenvalue weighted by Crippen LogP contribution is 2.38. The molecule has 19 heavy (non-hydrogen) atoms. The number of nitriles is 1. The number of aryl methyl sites for hydroxylation is 1. The second-order valence-corrected chi connectivity index (χ2v) is 4.99. The molecule has 2 aromatic rings. The van der Waals surface area contributed by atoms with Crippen molar-refractivity contribution in [2.24, 2.45) is 0 Å². The maximum Gasteiger partial charge on any atom is 0.151 e. The summed E-state index contributed by atoms with van der Waals surface area (Å²) in [6.07, 6.45) is 0.997. The van der Waals surface area contributed by atoms with Gasteiger partial charge in [-0.25, -0.2) is 4.98 Å². The number of aromatic nitrogens is 1. The number of para-hydroxylation sites is 1. The number of hydrogen-bond acceptors (Lipinski definition) is 3. The van der Waals surface area contributed by atoms with Gasteiger partial charge >= 0.3 is 0 Å². The van der Waals surface area contributed by atoms with Gasteiger partial charge in [-0.05, 0) is 44.0 Å². The van der Waals surface area contributed by atoms with E-state index in [9.17, 15) is 5.26 Å². The van der Waals surface area contributed by atoms with Crippen molar-refractivity contribution < 1.29 is 0 Å². The average molecular weight is 249 g/mol. The molecule has 0 saturated carbocycles. The summed E-state index contributed by atoms with van der Waals surface area (Å²) in [7, 11) is 0. The first-order valence-corrected chi connectivity index (χ1v) is 6.45. The lowest BCUT2D eigenvalue weighted by Crippen LogP contribution is -2.25. The molecule has 0 spiro atoms. The van der Waals surface area contributed by atoms with E-state index in [1.807, 2.05) is 25.1 Å². The van der Waals surface area contributed by atoms with Gasteiger partial charge in [-0.15, -0.1) is 0 Å². The van der Waals surface area contributed by atoms with Crippen molar-refractivity contribution in [3.63, 3.8) is 0 Å². The number of nitrogens with zero attached hydrogens (tertiary/aromatic N) is 3. The Balaban J connectivity index is 2.18. The van der Waals surface area contributed by atoms with Crippen LogP contribution in [-0.2, 0) is 6.42 Å². The van der Waals surface area contributed by atoms with Crippen molar-refractivity contribution in [3.8, 4) is 6.07 Å². The summed E-state index contributed by atoms with van der Waals surface area (Å²) in [6, 6.07) is 14.7. The Bertz CT molecular complexity index is 670. The quantitative estimate of drug-likeness (QED) is 0.778. The summed E-state index contributed by atoms with van der Waals surface area (Å²) in [5.74, 6) is 0.778. The van der Waals surface area contributed by atoms with E-state index in [1.54, 1.807) is 0 Å². The molecule has 1 aromatic carbocycles. The molecule has 1 atom stereocenters. The predicted molar refractivity (Wildman–Crippen MR) is 75.4 cm³/mol. The lowest BCUT2D eigenvalue weighted by Gasteiger charge is -2.25. The van der Waals surface area contributed by atoms with Gasteiger partial charge in [-0.1, -0.05) is 18.2 Å². The molecule has 3 rings (SSSR count). The molecule has 1 aliphatic heterocycles. The molecule has 0 bridgehead atoms. The first-order valence-electron chi connectivity index (χ1n) is 6.45. The van der Waals surface area contributed by atoms with Crippen molar-refractivity contribution >= 4 is 11.5 Å². The van der Waals surface area contributed by atoms with Crippen molar-refractivity contribution in [1.29, 1.82) is 5.26 Å². The number of benzene rings is 1. The van der Waals surface area contributed by atoms with Crippen molar-refractivity contribution in [1.82, 2.24) is 4.98 Å². The summed E-state index contributed by atoms with van der Waals surface area (Å²) in [6.45, 7) is 4.13. The van der Waals surface area contributed by atoms with Crippen LogP contribution in [0, 0.1) is 18.3 Å². The van der Waals surface area contributed by atoms with Crippen LogP contribution in [0.3, 0.4) is 0 Å². The zero-order valence-electron chi connectivity index (χ0n) is 11.1. The van der Waals surface area contributed by atoms with Gasteiger partial charge in [0.05, 0.1) is 5.56 Å². The standard InChI is InChI=1S/C16H15N3/c1-11-7-8-14(10-17)16(18-11)19-12(2)9-13-5-3-4-6-15(13)19/h3-8,12H,9H2,1-2H3. The number of hydrogen-bond donors (Lipinski definition) is 0. The van der Waals surface area contributed by atoms with E-state index in [4.69, 9.17) is 0 Å². The molecule has 2 heterocycles. The second-order valence-electron chi connectivity index (χ2n) is 4.99. The van der Waals surface area contributed by atoms with Gasteiger partial charge in [0.2, 0.25) is 0 Å². The van der Waals surface area contributed by atoms with E-state index < -0.39 is 0 Å². The molecule has 0 N–H and O–H groups in total. The maximum atomic E-state index is 9.29. The van der Waals surface area contributed by atoms with E-state index in [1.165, 1.54) is 11.3 Å². The Morgan fingerprint density at radius 2 is 2.05 bits per heavy atom. The number of pyridine rings is 1. The van der Waals surface area contributed by atoms with E-state index in [2.05, 4.69) is 41.1 Å². The van der Waals surface area contributed by atoms with Gasteiger partial charge < -0.3 is 4.90 Å². The molecule has 0 amide bonds. The third kappa shape index (κ3) is 1.86. The molecular formula is C16H15N3. The third-order valence-electron chi connectivity index (χ3n) is 3.57. The van der Waals surface area contributed by atoms with Crippen LogP contribution in [0.4, 0.5) is 11.5 Å². The Hall–Kier alpha value is -2.34. The number of fused-ring (bicyclic) bond motifs is 1. The minimum Gasteiger partial charge on any atom is -0.322 e. The molecule has 3 nitrogen and oxygen atoms in total. The van der Waals surface area contributed by atoms with E-state index in [0.717, 1.165) is 17.9 Å². The monoisotopic (exact) mass is 249 g/mol. The molecule has 0 fully saturated rings. The molecule has 0 aliphatic carbocycles. The number of rotatable bonds is 1. The van der Waals surface area contributed by atoms with Gasteiger partial charge in [0.25, 0.3) is 0 Å². The van der Waals surface area contributed by atoms with Gasteiger partial charge in [-0.3, -0.25) is 0 Å². The summed E-state index contributed by atoms with van der Waals surface area (Å²) in [5, 5.41) is 9.29. The fourth-order valence-corrected chi connectivity index (χ4v) is 2.70. The molecule has 1 aliphatic rings. The average Bonchev–Trinajstić information content (AvgIpc) is 2.74. The zero-order chi connectivity index (χ0) is 13.4.